The minimum Gasteiger partial charge on any atom is -0.322 e. The number of nitrogens with one attached hydrogen (secondary N) is 1. The molecule has 1 saturated carbocycles. The van der Waals surface area contributed by atoms with Crippen LogP contribution in [0.3, 0.4) is 0 Å². The van der Waals surface area contributed by atoms with E-state index in [1.807, 2.05) is 11.9 Å². The maximum Gasteiger partial charge on any atom is 0.416 e. The Kier molecular flexibility index (Phi) is 6.60. The molecule has 1 amide bonds. The fraction of sp³-hybridized carbons (Fsp3) is 0.524. The first-order valence-electron chi connectivity index (χ1n) is 10.7. The fourth-order valence-electron chi connectivity index (χ4n) is 4.99. The summed E-state index contributed by atoms with van der Waals surface area (Å²) >= 11 is 5.95. The summed E-state index contributed by atoms with van der Waals surface area (Å²) in [7, 11) is -1.66. The lowest BCUT2D eigenvalue weighted by molar-refractivity contribution is -0.138. The predicted molar refractivity (Wildman–Crippen MR) is 121 cm³/mol. The lowest BCUT2D eigenvalue weighted by Crippen LogP contribution is -2.36. The van der Waals surface area contributed by atoms with Crippen LogP contribution in [0.1, 0.15) is 24.0 Å². The second-order valence-electron chi connectivity index (χ2n) is 9.10. The number of benzene rings is 1. The van der Waals surface area contributed by atoms with Crippen LogP contribution >= 0.6 is 11.6 Å². The lowest BCUT2D eigenvalue weighted by atomic mass is 10.0. The van der Waals surface area contributed by atoms with E-state index in [2.05, 4.69) is 9.82 Å². The molecule has 1 aliphatic heterocycles. The first kappa shape index (κ1) is 24.8. The van der Waals surface area contributed by atoms with E-state index in [4.69, 9.17) is 11.6 Å². The monoisotopic (exact) mass is 519 g/mol. The molecule has 13 heteroatoms. The Morgan fingerprint density at radius 2 is 1.91 bits per heavy atom. The molecule has 2 fully saturated rings. The van der Waals surface area contributed by atoms with Crippen molar-refractivity contribution in [2.45, 2.75) is 31.6 Å². The van der Waals surface area contributed by atoms with Crippen LogP contribution in [0.5, 0.6) is 0 Å². The third kappa shape index (κ3) is 5.49. The standard InChI is InChI=1S/C21H25ClF3N5O3S/c1-28(9-15-5-16(22)3-4-19(15)21(23,24)25)18-6-13-10-29(11-14(13)7-18)20(31)30-12-17(8-26-30)27-34(2,32)33/h3-5,8,12-14,18,27H,6-7,9-11H2,1-2H3/t13-,14+,18+. The van der Waals surface area contributed by atoms with E-state index in [1.165, 1.54) is 24.5 Å². The Morgan fingerprint density at radius 3 is 2.50 bits per heavy atom. The number of amides is 1. The van der Waals surface area contributed by atoms with Gasteiger partial charge >= 0.3 is 12.2 Å². The number of likely N-dealkylation sites (tertiary alicyclic amines) is 1. The topological polar surface area (TPSA) is 87.5 Å². The Labute approximate surface area is 200 Å². The van der Waals surface area contributed by atoms with Gasteiger partial charge in [0.05, 0.1) is 29.9 Å². The number of hydrogen-bond acceptors (Lipinski definition) is 5. The van der Waals surface area contributed by atoms with E-state index in [9.17, 15) is 26.4 Å². The van der Waals surface area contributed by atoms with E-state index in [1.54, 1.807) is 4.90 Å². The zero-order valence-corrected chi connectivity index (χ0v) is 20.2. The van der Waals surface area contributed by atoms with Crippen LogP contribution in [-0.2, 0) is 22.7 Å². The first-order chi connectivity index (χ1) is 15.8. The Bertz CT molecular complexity index is 1170. The maximum atomic E-state index is 13.4. The molecule has 2 aromatic rings. The third-order valence-corrected chi connectivity index (χ3v) is 7.34. The predicted octanol–water partition coefficient (Wildman–Crippen LogP) is 3.74. The van der Waals surface area contributed by atoms with Crippen LogP contribution < -0.4 is 4.72 Å². The van der Waals surface area contributed by atoms with Crippen molar-refractivity contribution in [1.82, 2.24) is 19.6 Å². The van der Waals surface area contributed by atoms with Crippen LogP contribution in [-0.4, -0.2) is 66.5 Å². The molecule has 2 heterocycles. The van der Waals surface area contributed by atoms with E-state index < -0.39 is 21.8 Å². The van der Waals surface area contributed by atoms with Gasteiger partial charge in [0.15, 0.2) is 0 Å². The number of sulfonamides is 1. The fourth-order valence-corrected chi connectivity index (χ4v) is 5.72. The van der Waals surface area contributed by atoms with Gasteiger partial charge < -0.3 is 4.90 Å². The normalized spacial score (nSPS) is 22.9. The van der Waals surface area contributed by atoms with Crippen LogP contribution in [0.25, 0.3) is 0 Å². The van der Waals surface area contributed by atoms with Crippen LogP contribution in [0.2, 0.25) is 5.02 Å². The Hall–Kier alpha value is -2.31. The van der Waals surface area contributed by atoms with E-state index >= 15 is 0 Å². The van der Waals surface area contributed by atoms with E-state index in [-0.39, 0.29) is 46.7 Å². The zero-order chi connectivity index (χ0) is 24.8. The number of alkyl halides is 3. The highest BCUT2D eigenvalue weighted by Crippen LogP contribution is 2.41. The number of halogens is 4. The minimum absolute atomic E-state index is 0.0996. The zero-order valence-electron chi connectivity index (χ0n) is 18.6. The first-order valence-corrected chi connectivity index (χ1v) is 12.9. The molecule has 1 aromatic heterocycles. The summed E-state index contributed by atoms with van der Waals surface area (Å²) in [4.78, 5) is 16.4. The highest BCUT2D eigenvalue weighted by atomic mass is 35.5. The van der Waals surface area contributed by atoms with Crippen molar-refractivity contribution >= 4 is 33.3 Å². The quantitative estimate of drug-likeness (QED) is 0.650. The van der Waals surface area contributed by atoms with Crippen molar-refractivity contribution in [2.75, 3.05) is 31.1 Å². The van der Waals surface area contributed by atoms with Crippen molar-refractivity contribution in [3.8, 4) is 0 Å². The number of carbonyl (C=O) groups is 1. The van der Waals surface area contributed by atoms with E-state index in [0.29, 0.717) is 13.1 Å². The SMILES string of the molecule is CN(Cc1cc(Cl)ccc1C(F)(F)F)[C@H]1C[C@@H]2CN(C(=O)n3cc(NS(C)(=O)=O)cn3)C[C@@H]2C1. The van der Waals surface area contributed by atoms with Gasteiger partial charge in [0, 0.05) is 30.7 Å². The molecular weight excluding hydrogens is 495 g/mol. The molecule has 2 aliphatic rings. The number of carbonyl (C=O) groups excluding carboxylic acids is 1. The molecule has 3 atom stereocenters. The molecule has 186 valence electrons. The summed E-state index contributed by atoms with van der Waals surface area (Å²) < 4.78 is 66.3. The number of rotatable bonds is 5. The van der Waals surface area contributed by atoms with Gasteiger partial charge in [0.1, 0.15) is 0 Å². The summed E-state index contributed by atoms with van der Waals surface area (Å²) in [5.41, 5.74) is -0.326. The number of anilines is 1. The van der Waals surface area contributed by atoms with Gasteiger partial charge in [0.2, 0.25) is 10.0 Å². The molecule has 0 unspecified atom stereocenters. The average molecular weight is 520 g/mol. The number of hydrogen-bond donors (Lipinski definition) is 1. The van der Waals surface area contributed by atoms with Crippen molar-refractivity contribution in [3.63, 3.8) is 0 Å². The molecule has 8 nitrogen and oxygen atoms in total. The molecule has 4 rings (SSSR count). The van der Waals surface area contributed by atoms with Gasteiger partial charge in [-0.2, -0.15) is 23.0 Å². The highest BCUT2D eigenvalue weighted by Gasteiger charge is 2.44. The van der Waals surface area contributed by atoms with Gasteiger partial charge in [-0.1, -0.05) is 11.6 Å². The van der Waals surface area contributed by atoms with Gasteiger partial charge in [-0.05, 0) is 55.5 Å². The number of nitrogens with zero attached hydrogens (tertiary/aromatic N) is 4. The molecule has 34 heavy (non-hydrogen) atoms. The average Bonchev–Trinajstić information content (AvgIpc) is 3.39. The summed E-state index contributed by atoms with van der Waals surface area (Å²) in [6.07, 6.45) is 0.706. The van der Waals surface area contributed by atoms with Gasteiger partial charge in [0.25, 0.3) is 0 Å². The Morgan fingerprint density at radius 1 is 1.26 bits per heavy atom. The number of fused-ring (bicyclic) bond motifs is 1. The molecular formula is C21H25ClF3N5O3S. The minimum atomic E-state index is -4.45. The second-order valence-corrected chi connectivity index (χ2v) is 11.3. The molecule has 0 spiro atoms. The van der Waals surface area contributed by atoms with Crippen molar-refractivity contribution in [2.24, 2.45) is 11.8 Å². The summed E-state index contributed by atoms with van der Waals surface area (Å²) in [5, 5.41) is 4.22. The summed E-state index contributed by atoms with van der Waals surface area (Å²) in [6, 6.07) is 3.40. The number of aromatic nitrogens is 2. The third-order valence-electron chi connectivity index (χ3n) is 6.49. The maximum absolute atomic E-state index is 13.4. The van der Waals surface area contributed by atoms with Crippen molar-refractivity contribution in [3.05, 3.63) is 46.7 Å². The van der Waals surface area contributed by atoms with Gasteiger partial charge in [-0.3, -0.25) is 9.62 Å². The highest BCUT2D eigenvalue weighted by molar-refractivity contribution is 7.92. The molecule has 1 aromatic carbocycles. The molecule has 1 saturated heterocycles. The Balaban J connectivity index is 1.36. The van der Waals surface area contributed by atoms with Crippen molar-refractivity contribution < 1.29 is 26.4 Å². The van der Waals surface area contributed by atoms with Gasteiger partial charge in [-0.25, -0.2) is 13.2 Å². The smallest absolute Gasteiger partial charge is 0.322 e. The van der Waals surface area contributed by atoms with Crippen LogP contribution in [0.4, 0.5) is 23.7 Å². The summed E-state index contributed by atoms with van der Waals surface area (Å²) in [5.74, 6) is 0.476. The van der Waals surface area contributed by atoms with Crippen molar-refractivity contribution in [1.29, 1.82) is 0 Å². The summed E-state index contributed by atoms with van der Waals surface area (Å²) in [6.45, 7) is 1.17. The lowest BCUT2D eigenvalue weighted by Gasteiger charge is -2.27. The van der Waals surface area contributed by atoms with Crippen LogP contribution in [0.15, 0.2) is 30.6 Å². The second kappa shape index (κ2) is 9.04. The molecule has 0 bridgehead atoms. The van der Waals surface area contributed by atoms with Crippen LogP contribution in [0, 0.1) is 11.8 Å². The van der Waals surface area contributed by atoms with E-state index in [0.717, 1.165) is 29.8 Å². The molecule has 0 radical (unpaired) electrons. The molecule has 1 N–H and O–H groups in total. The largest absolute Gasteiger partial charge is 0.416 e. The molecule has 1 aliphatic carbocycles. The van der Waals surface area contributed by atoms with Gasteiger partial charge in [-0.15, -0.1) is 0 Å².